The molecule has 0 spiro atoms. The molecule has 1 saturated heterocycles. The van der Waals surface area contributed by atoms with Gasteiger partial charge < -0.3 is 10.1 Å². The summed E-state index contributed by atoms with van der Waals surface area (Å²) >= 11 is 6.82. The minimum atomic E-state index is -0.441. The van der Waals surface area contributed by atoms with E-state index in [1.54, 1.807) is 25.6 Å². The molecule has 4 aromatic rings. The first kappa shape index (κ1) is 25.5. The minimum Gasteiger partial charge on any atom is -0.480 e. The fourth-order valence-electron chi connectivity index (χ4n) is 6.38. The van der Waals surface area contributed by atoms with Gasteiger partial charge in [-0.15, -0.1) is 0 Å². The van der Waals surface area contributed by atoms with Gasteiger partial charge in [0.25, 0.3) is 5.91 Å². The molecule has 4 amide bonds. The van der Waals surface area contributed by atoms with E-state index in [1.165, 1.54) is 9.80 Å². The molecule has 206 valence electrons. The van der Waals surface area contributed by atoms with Crippen molar-refractivity contribution in [3.8, 4) is 16.9 Å². The van der Waals surface area contributed by atoms with E-state index in [0.717, 1.165) is 33.9 Å². The first-order valence-corrected chi connectivity index (χ1v) is 13.9. The second kappa shape index (κ2) is 9.85. The molecular formula is C31H26ClN5O4. The van der Waals surface area contributed by atoms with E-state index >= 15 is 0 Å². The summed E-state index contributed by atoms with van der Waals surface area (Å²) in [7, 11) is 1.68. The van der Waals surface area contributed by atoms with Crippen LogP contribution in [0.5, 0.6) is 5.75 Å². The maximum atomic E-state index is 13.8. The van der Waals surface area contributed by atoms with Crippen LogP contribution in [0.4, 0.5) is 16.3 Å². The van der Waals surface area contributed by atoms with Crippen molar-refractivity contribution in [3.63, 3.8) is 0 Å². The van der Waals surface area contributed by atoms with Gasteiger partial charge in [-0.25, -0.2) is 14.7 Å². The molecule has 0 bridgehead atoms. The number of nitrogens with zero attached hydrogens (tertiary/aromatic N) is 4. The van der Waals surface area contributed by atoms with Gasteiger partial charge >= 0.3 is 6.03 Å². The van der Waals surface area contributed by atoms with Crippen LogP contribution in [0.1, 0.15) is 30.7 Å². The average Bonchev–Trinajstić information content (AvgIpc) is 2.98. The SMILES string of the molecule is CN1C(=O)COc2cc(-c3cccc(Cl)c3C3CCC4C(=O)N(c5cncc6ccccc56)C(=O)NC4C3)cnc21. The smallest absolute Gasteiger partial charge is 0.329 e. The number of likely N-dealkylation sites (N-methyl/N-ethyl adjacent to an activating group) is 1. The van der Waals surface area contributed by atoms with Crippen molar-refractivity contribution in [3.05, 3.63) is 77.7 Å². The number of amides is 4. The molecule has 3 atom stereocenters. The fraction of sp³-hybridized carbons (Fsp3) is 0.258. The van der Waals surface area contributed by atoms with Crippen LogP contribution in [0.25, 0.3) is 21.9 Å². The molecule has 2 aromatic heterocycles. The van der Waals surface area contributed by atoms with Crippen molar-refractivity contribution in [1.29, 1.82) is 0 Å². The summed E-state index contributed by atoms with van der Waals surface area (Å²) in [4.78, 5) is 50.7. The summed E-state index contributed by atoms with van der Waals surface area (Å²) in [6.45, 7) is -0.0394. The van der Waals surface area contributed by atoms with Crippen LogP contribution in [0.3, 0.4) is 0 Å². The van der Waals surface area contributed by atoms with Crippen LogP contribution >= 0.6 is 11.6 Å². The quantitative estimate of drug-likeness (QED) is 0.359. The lowest BCUT2D eigenvalue weighted by Crippen LogP contribution is -2.61. The Kier molecular flexibility index (Phi) is 6.12. The predicted molar refractivity (Wildman–Crippen MR) is 155 cm³/mol. The highest BCUT2D eigenvalue weighted by Crippen LogP contribution is 2.46. The van der Waals surface area contributed by atoms with Gasteiger partial charge in [0.15, 0.2) is 18.2 Å². The lowest BCUT2D eigenvalue weighted by atomic mass is 9.72. The minimum absolute atomic E-state index is 0.0139. The number of rotatable bonds is 3. The van der Waals surface area contributed by atoms with Crippen LogP contribution in [-0.2, 0) is 9.59 Å². The van der Waals surface area contributed by atoms with E-state index in [0.29, 0.717) is 35.1 Å². The number of benzene rings is 2. The molecule has 2 fully saturated rings. The third-order valence-corrected chi connectivity index (χ3v) is 8.77. The Labute approximate surface area is 241 Å². The van der Waals surface area contributed by atoms with E-state index in [-0.39, 0.29) is 36.3 Å². The second-order valence-electron chi connectivity index (χ2n) is 10.7. The Hall–Kier alpha value is -4.50. The van der Waals surface area contributed by atoms with E-state index < -0.39 is 6.03 Å². The molecular weight excluding hydrogens is 542 g/mol. The van der Waals surface area contributed by atoms with E-state index in [2.05, 4.69) is 15.3 Å². The maximum absolute atomic E-state index is 13.8. The van der Waals surface area contributed by atoms with Gasteiger partial charge in [-0.05, 0) is 48.4 Å². The zero-order chi connectivity index (χ0) is 28.2. The van der Waals surface area contributed by atoms with Crippen molar-refractivity contribution in [2.24, 2.45) is 5.92 Å². The number of aromatic nitrogens is 2. The largest absolute Gasteiger partial charge is 0.480 e. The van der Waals surface area contributed by atoms with Crippen molar-refractivity contribution in [2.75, 3.05) is 23.5 Å². The molecule has 4 heterocycles. The molecule has 3 unspecified atom stereocenters. The zero-order valence-corrected chi connectivity index (χ0v) is 23.0. The lowest BCUT2D eigenvalue weighted by Gasteiger charge is -2.43. The molecule has 7 rings (SSSR count). The standard InChI is InChI=1S/C31H26ClN5O4/c1-36-27(38)16-41-26-12-19(14-34-29(26)36)21-7-4-8-23(32)28(21)17-9-10-22-24(11-17)35-31(40)37(30(22)39)25-15-33-13-18-5-2-3-6-20(18)25/h2-8,12-15,17,22,24H,9-11,16H2,1H3,(H,35,40). The summed E-state index contributed by atoms with van der Waals surface area (Å²) in [6.07, 6.45) is 6.93. The van der Waals surface area contributed by atoms with Crippen LogP contribution in [0.15, 0.2) is 67.1 Å². The van der Waals surface area contributed by atoms with Crippen molar-refractivity contribution in [1.82, 2.24) is 15.3 Å². The van der Waals surface area contributed by atoms with Crippen LogP contribution in [0, 0.1) is 5.92 Å². The third kappa shape index (κ3) is 4.19. The van der Waals surface area contributed by atoms with Crippen LogP contribution in [0.2, 0.25) is 5.02 Å². The predicted octanol–water partition coefficient (Wildman–Crippen LogP) is 5.31. The molecule has 2 aromatic carbocycles. The van der Waals surface area contributed by atoms with Gasteiger partial charge in [-0.3, -0.25) is 19.5 Å². The fourth-order valence-corrected chi connectivity index (χ4v) is 6.71. The number of hydrogen-bond donors (Lipinski definition) is 1. The van der Waals surface area contributed by atoms with Gasteiger partial charge in [0, 0.05) is 46.8 Å². The number of carbonyl (C=O) groups is 3. The Bertz CT molecular complexity index is 1740. The number of hydrogen-bond acceptors (Lipinski definition) is 6. The summed E-state index contributed by atoms with van der Waals surface area (Å²) < 4.78 is 5.67. The second-order valence-corrected chi connectivity index (χ2v) is 11.1. The first-order valence-electron chi connectivity index (χ1n) is 13.6. The average molecular weight is 568 g/mol. The molecule has 1 N–H and O–H groups in total. The number of carbonyl (C=O) groups excluding carboxylic acids is 3. The van der Waals surface area contributed by atoms with E-state index in [9.17, 15) is 14.4 Å². The van der Waals surface area contributed by atoms with Gasteiger partial charge in [0.1, 0.15) is 0 Å². The Morgan fingerprint density at radius 1 is 1.02 bits per heavy atom. The first-order chi connectivity index (χ1) is 19.9. The number of ether oxygens (including phenoxy) is 1. The van der Waals surface area contributed by atoms with Crippen molar-refractivity contribution in [2.45, 2.75) is 31.2 Å². The molecule has 3 aliphatic rings. The third-order valence-electron chi connectivity index (χ3n) is 8.44. The molecule has 1 saturated carbocycles. The summed E-state index contributed by atoms with van der Waals surface area (Å²) in [5.41, 5.74) is 3.19. The topological polar surface area (TPSA) is 105 Å². The summed E-state index contributed by atoms with van der Waals surface area (Å²) in [5, 5.41) is 5.40. The highest BCUT2D eigenvalue weighted by molar-refractivity contribution is 6.32. The summed E-state index contributed by atoms with van der Waals surface area (Å²) in [6, 6.07) is 14.5. The van der Waals surface area contributed by atoms with Crippen molar-refractivity contribution >= 4 is 51.7 Å². The van der Waals surface area contributed by atoms with Crippen LogP contribution < -0.4 is 19.9 Å². The summed E-state index contributed by atoms with van der Waals surface area (Å²) in [5.74, 6) is 0.318. The number of pyridine rings is 2. The van der Waals surface area contributed by atoms with Crippen molar-refractivity contribution < 1.29 is 19.1 Å². The zero-order valence-electron chi connectivity index (χ0n) is 22.2. The molecule has 0 radical (unpaired) electrons. The molecule has 10 heteroatoms. The van der Waals surface area contributed by atoms with Gasteiger partial charge in [-0.2, -0.15) is 0 Å². The molecule has 2 aliphatic heterocycles. The van der Waals surface area contributed by atoms with Crippen LogP contribution in [-0.4, -0.2) is 47.5 Å². The van der Waals surface area contributed by atoms with Gasteiger partial charge in [0.05, 0.1) is 17.8 Å². The Morgan fingerprint density at radius 2 is 1.88 bits per heavy atom. The Morgan fingerprint density at radius 3 is 2.76 bits per heavy atom. The number of imide groups is 1. The van der Waals surface area contributed by atoms with E-state index in [4.69, 9.17) is 16.3 Å². The normalized spacial score (nSPS) is 22.2. The number of nitrogens with one attached hydrogen (secondary N) is 1. The van der Waals surface area contributed by atoms with Gasteiger partial charge in [0.2, 0.25) is 5.91 Å². The number of halogens is 1. The Balaban J connectivity index is 1.18. The van der Waals surface area contributed by atoms with Gasteiger partial charge in [-0.1, -0.05) is 48.0 Å². The number of fused-ring (bicyclic) bond motifs is 3. The number of urea groups is 1. The molecule has 9 nitrogen and oxygen atoms in total. The monoisotopic (exact) mass is 567 g/mol. The number of anilines is 2. The maximum Gasteiger partial charge on any atom is 0.329 e. The molecule has 1 aliphatic carbocycles. The highest BCUT2D eigenvalue weighted by atomic mass is 35.5. The highest BCUT2D eigenvalue weighted by Gasteiger charge is 2.46. The lowest BCUT2D eigenvalue weighted by molar-refractivity contribution is -0.124. The van der Waals surface area contributed by atoms with E-state index in [1.807, 2.05) is 48.5 Å². The molecule has 41 heavy (non-hydrogen) atoms.